The van der Waals surface area contributed by atoms with Crippen molar-refractivity contribution in [2.75, 3.05) is 33.3 Å². The van der Waals surface area contributed by atoms with Gasteiger partial charge in [0.2, 0.25) is 0 Å². The molecule has 2 aromatic heterocycles. The molecule has 2 aliphatic heterocycles. The third kappa shape index (κ3) is 4.39. The van der Waals surface area contributed by atoms with Crippen molar-refractivity contribution in [3.05, 3.63) is 65.5 Å². The third-order valence-electron chi connectivity index (χ3n) is 7.42. The number of carbonyl (C=O) groups excluding carboxylic acids is 2. The van der Waals surface area contributed by atoms with E-state index in [-0.39, 0.29) is 11.8 Å². The molecule has 0 aliphatic carbocycles. The van der Waals surface area contributed by atoms with E-state index in [1.54, 1.807) is 23.9 Å². The number of aromatic nitrogens is 2. The number of hydrogen-bond donors (Lipinski definition) is 0. The van der Waals surface area contributed by atoms with Crippen LogP contribution in [0.1, 0.15) is 64.8 Å². The van der Waals surface area contributed by atoms with Crippen molar-refractivity contribution in [3.8, 4) is 5.75 Å². The number of methoxy groups -OCH3 is 1. The van der Waals surface area contributed by atoms with E-state index in [1.165, 1.54) is 5.56 Å². The Morgan fingerprint density at radius 2 is 1.65 bits per heavy atom. The standard InChI is InChI=1S/C27H32N4O3/c1-19-6-11-30(12-7-19)27(33)24-18-28-31-15-10-21(17-25(24)31)20-8-13-29(14-9-20)26(32)22-4-3-5-23(16-22)34-2/h3-5,10,15-20H,6-9,11-14H2,1-2H3. The number of ether oxygens (including phenoxy) is 1. The van der Waals surface area contributed by atoms with Gasteiger partial charge in [-0.05, 0) is 73.4 Å². The van der Waals surface area contributed by atoms with E-state index in [9.17, 15) is 9.59 Å². The first-order chi connectivity index (χ1) is 16.5. The predicted octanol–water partition coefficient (Wildman–Crippen LogP) is 4.23. The van der Waals surface area contributed by atoms with E-state index in [0.29, 0.717) is 41.8 Å². The van der Waals surface area contributed by atoms with Crippen molar-refractivity contribution < 1.29 is 14.3 Å². The van der Waals surface area contributed by atoms with E-state index >= 15 is 0 Å². The molecule has 34 heavy (non-hydrogen) atoms. The molecule has 0 spiro atoms. The van der Waals surface area contributed by atoms with Crippen molar-refractivity contribution in [2.24, 2.45) is 5.92 Å². The first kappa shape index (κ1) is 22.4. The molecule has 3 aromatic rings. The second kappa shape index (κ2) is 9.49. The number of hydrogen-bond acceptors (Lipinski definition) is 4. The van der Waals surface area contributed by atoms with E-state index in [0.717, 1.165) is 44.3 Å². The van der Waals surface area contributed by atoms with Crippen LogP contribution >= 0.6 is 0 Å². The Balaban J connectivity index is 1.28. The molecule has 2 fully saturated rings. The zero-order chi connectivity index (χ0) is 23.7. The topological polar surface area (TPSA) is 67.2 Å². The third-order valence-corrected chi connectivity index (χ3v) is 7.42. The molecule has 7 nitrogen and oxygen atoms in total. The number of amides is 2. The minimum absolute atomic E-state index is 0.0484. The summed E-state index contributed by atoms with van der Waals surface area (Å²) in [6, 6.07) is 11.6. The van der Waals surface area contributed by atoms with Gasteiger partial charge in [0, 0.05) is 37.9 Å². The fourth-order valence-electron chi connectivity index (χ4n) is 5.15. The normalized spacial score (nSPS) is 17.8. The molecule has 178 valence electrons. The maximum atomic E-state index is 13.2. The highest BCUT2D eigenvalue weighted by Gasteiger charge is 2.27. The monoisotopic (exact) mass is 460 g/mol. The number of nitrogens with zero attached hydrogens (tertiary/aromatic N) is 4. The molecule has 5 rings (SSSR count). The molecule has 0 atom stereocenters. The van der Waals surface area contributed by atoms with E-state index in [1.807, 2.05) is 34.2 Å². The van der Waals surface area contributed by atoms with Gasteiger partial charge in [0.05, 0.1) is 24.4 Å². The van der Waals surface area contributed by atoms with Crippen LogP contribution in [0, 0.1) is 5.92 Å². The molecule has 0 saturated carbocycles. The molecule has 2 saturated heterocycles. The van der Waals surface area contributed by atoms with Gasteiger partial charge in [-0.25, -0.2) is 4.52 Å². The maximum Gasteiger partial charge on any atom is 0.257 e. The van der Waals surface area contributed by atoms with Crippen LogP contribution in [-0.2, 0) is 0 Å². The minimum atomic E-state index is 0.0484. The summed E-state index contributed by atoms with van der Waals surface area (Å²) >= 11 is 0. The zero-order valence-corrected chi connectivity index (χ0v) is 19.9. The minimum Gasteiger partial charge on any atom is -0.497 e. The van der Waals surface area contributed by atoms with Crippen molar-refractivity contribution >= 4 is 17.3 Å². The van der Waals surface area contributed by atoms with Gasteiger partial charge in [-0.1, -0.05) is 13.0 Å². The first-order valence-corrected chi connectivity index (χ1v) is 12.2. The van der Waals surface area contributed by atoms with Crippen LogP contribution in [0.25, 0.3) is 5.52 Å². The Morgan fingerprint density at radius 3 is 2.38 bits per heavy atom. The van der Waals surface area contributed by atoms with Gasteiger partial charge in [-0.3, -0.25) is 9.59 Å². The van der Waals surface area contributed by atoms with Crippen LogP contribution in [0.15, 0.2) is 48.8 Å². The average molecular weight is 461 g/mol. The average Bonchev–Trinajstić information content (AvgIpc) is 3.32. The summed E-state index contributed by atoms with van der Waals surface area (Å²) in [5, 5.41) is 4.42. The number of benzene rings is 1. The Bertz CT molecular complexity index is 1190. The number of fused-ring (bicyclic) bond motifs is 1. The summed E-state index contributed by atoms with van der Waals surface area (Å²) in [7, 11) is 1.61. The van der Waals surface area contributed by atoms with Crippen LogP contribution in [-0.4, -0.2) is 64.5 Å². The van der Waals surface area contributed by atoms with Gasteiger partial charge < -0.3 is 14.5 Å². The highest BCUT2D eigenvalue weighted by atomic mass is 16.5. The number of piperidine rings is 2. The molecular formula is C27H32N4O3. The SMILES string of the molecule is COc1cccc(C(=O)N2CCC(c3ccn4ncc(C(=O)N5CCC(C)CC5)c4c3)CC2)c1. The van der Waals surface area contributed by atoms with Gasteiger partial charge >= 0.3 is 0 Å². The zero-order valence-electron chi connectivity index (χ0n) is 19.9. The molecule has 0 N–H and O–H groups in total. The summed E-state index contributed by atoms with van der Waals surface area (Å²) in [5.41, 5.74) is 3.43. The van der Waals surface area contributed by atoms with Gasteiger partial charge in [-0.2, -0.15) is 5.10 Å². The lowest BCUT2D eigenvalue weighted by molar-refractivity contribution is 0.0695. The van der Waals surface area contributed by atoms with Gasteiger partial charge in [0.15, 0.2) is 0 Å². The van der Waals surface area contributed by atoms with Crippen molar-refractivity contribution in [1.82, 2.24) is 19.4 Å². The van der Waals surface area contributed by atoms with Crippen LogP contribution in [0.2, 0.25) is 0 Å². The summed E-state index contributed by atoms with van der Waals surface area (Å²) < 4.78 is 7.06. The number of rotatable bonds is 4. The number of pyridine rings is 1. The molecule has 7 heteroatoms. The van der Waals surface area contributed by atoms with Crippen molar-refractivity contribution in [1.29, 1.82) is 0 Å². The van der Waals surface area contributed by atoms with Crippen LogP contribution in [0.5, 0.6) is 5.75 Å². The predicted molar refractivity (Wildman–Crippen MR) is 130 cm³/mol. The molecule has 1 aromatic carbocycles. The quantitative estimate of drug-likeness (QED) is 0.584. The van der Waals surface area contributed by atoms with Crippen molar-refractivity contribution in [2.45, 2.75) is 38.5 Å². The summed E-state index contributed by atoms with van der Waals surface area (Å²) in [6.45, 7) is 5.30. The summed E-state index contributed by atoms with van der Waals surface area (Å²) in [6.07, 6.45) is 7.57. The summed E-state index contributed by atoms with van der Waals surface area (Å²) in [5.74, 6) is 1.86. The molecular weight excluding hydrogens is 428 g/mol. The second-order valence-electron chi connectivity index (χ2n) is 9.62. The van der Waals surface area contributed by atoms with E-state index in [4.69, 9.17) is 4.74 Å². The van der Waals surface area contributed by atoms with E-state index in [2.05, 4.69) is 24.2 Å². The fourth-order valence-corrected chi connectivity index (χ4v) is 5.15. The maximum absolute atomic E-state index is 13.2. The first-order valence-electron chi connectivity index (χ1n) is 12.2. The Kier molecular flexibility index (Phi) is 6.26. The molecule has 0 unspecified atom stereocenters. The largest absolute Gasteiger partial charge is 0.497 e. The summed E-state index contributed by atoms with van der Waals surface area (Å²) in [4.78, 5) is 30.0. The van der Waals surface area contributed by atoms with Crippen LogP contribution < -0.4 is 4.74 Å². The number of carbonyl (C=O) groups is 2. The smallest absolute Gasteiger partial charge is 0.257 e. The van der Waals surface area contributed by atoms with Gasteiger partial charge in [0.25, 0.3) is 11.8 Å². The Hall–Kier alpha value is -3.35. The molecule has 0 bridgehead atoms. The molecule has 2 aliphatic rings. The lowest BCUT2D eigenvalue weighted by Gasteiger charge is -2.32. The van der Waals surface area contributed by atoms with Gasteiger partial charge in [-0.15, -0.1) is 0 Å². The van der Waals surface area contributed by atoms with Crippen molar-refractivity contribution in [3.63, 3.8) is 0 Å². The fraction of sp³-hybridized carbons (Fsp3) is 0.444. The lowest BCUT2D eigenvalue weighted by Crippen LogP contribution is -2.38. The van der Waals surface area contributed by atoms with Gasteiger partial charge in [0.1, 0.15) is 5.75 Å². The molecule has 2 amide bonds. The van der Waals surface area contributed by atoms with E-state index < -0.39 is 0 Å². The highest BCUT2D eigenvalue weighted by Crippen LogP contribution is 2.30. The van der Waals surface area contributed by atoms with Crippen LogP contribution in [0.4, 0.5) is 0 Å². The molecule has 0 radical (unpaired) electrons. The number of likely N-dealkylation sites (tertiary alicyclic amines) is 2. The van der Waals surface area contributed by atoms with Crippen LogP contribution in [0.3, 0.4) is 0 Å². The molecule has 4 heterocycles. The highest BCUT2D eigenvalue weighted by molar-refractivity contribution is 6.00. The lowest BCUT2D eigenvalue weighted by atomic mass is 9.89. The second-order valence-corrected chi connectivity index (χ2v) is 9.62. The Labute approximate surface area is 200 Å². The Morgan fingerprint density at radius 1 is 0.941 bits per heavy atom.